The molecular formula is C30H60O2. The van der Waals surface area contributed by atoms with Crippen LogP contribution in [0.1, 0.15) is 169 Å². The molecule has 32 heavy (non-hydrogen) atoms. The Morgan fingerprint density at radius 3 is 1.16 bits per heavy atom. The van der Waals surface area contributed by atoms with Crippen molar-refractivity contribution in [2.75, 3.05) is 6.61 Å². The van der Waals surface area contributed by atoms with Crippen molar-refractivity contribution < 1.29 is 9.53 Å². The average molecular weight is 453 g/mol. The fraction of sp³-hybridized carbons (Fsp3) is 0.967. The molecule has 0 unspecified atom stereocenters. The van der Waals surface area contributed by atoms with E-state index < -0.39 is 0 Å². The van der Waals surface area contributed by atoms with E-state index in [0.29, 0.717) is 13.0 Å². The minimum absolute atomic E-state index is 0.0183. The Morgan fingerprint density at radius 1 is 0.469 bits per heavy atom. The van der Waals surface area contributed by atoms with Crippen molar-refractivity contribution in [2.45, 2.75) is 169 Å². The zero-order valence-electron chi connectivity index (χ0n) is 22.7. The van der Waals surface area contributed by atoms with Crippen LogP contribution in [0.3, 0.4) is 0 Å². The van der Waals surface area contributed by atoms with Crippen LogP contribution in [-0.2, 0) is 9.53 Å². The summed E-state index contributed by atoms with van der Waals surface area (Å²) in [6, 6.07) is 0. The maximum absolute atomic E-state index is 11.8. The first-order valence-electron chi connectivity index (χ1n) is 14.7. The van der Waals surface area contributed by atoms with Gasteiger partial charge in [-0.05, 0) is 24.7 Å². The molecule has 0 aliphatic carbocycles. The highest BCUT2D eigenvalue weighted by Gasteiger charge is 2.03. The Morgan fingerprint density at radius 2 is 0.781 bits per heavy atom. The van der Waals surface area contributed by atoms with Gasteiger partial charge in [0, 0.05) is 6.42 Å². The van der Waals surface area contributed by atoms with Gasteiger partial charge in [-0.15, -0.1) is 0 Å². The Bertz CT molecular complexity index is 375. The van der Waals surface area contributed by atoms with Gasteiger partial charge in [0.15, 0.2) is 0 Å². The average Bonchev–Trinajstić information content (AvgIpc) is 2.74. The van der Waals surface area contributed by atoms with Crippen LogP contribution < -0.4 is 0 Å². The van der Waals surface area contributed by atoms with Crippen molar-refractivity contribution in [3.63, 3.8) is 0 Å². The second-order valence-electron chi connectivity index (χ2n) is 11.1. The summed E-state index contributed by atoms with van der Waals surface area (Å²) in [6.45, 7) is 9.87. The summed E-state index contributed by atoms with van der Waals surface area (Å²) >= 11 is 0. The molecule has 0 radical (unpaired) electrons. The maximum atomic E-state index is 11.8. The molecule has 0 aromatic carbocycles. The van der Waals surface area contributed by atoms with Crippen LogP contribution in [0.15, 0.2) is 0 Å². The summed E-state index contributed by atoms with van der Waals surface area (Å²) in [5, 5.41) is 0. The maximum Gasteiger partial charge on any atom is 0.305 e. The predicted molar refractivity (Wildman–Crippen MR) is 142 cm³/mol. The first-order chi connectivity index (χ1) is 15.5. The van der Waals surface area contributed by atoms with Gasteiger partial charge in [0.2, 0.25) is 0 Å². The summed E-state index contributed by atoms with van der Waals surface area (Å²) in [5.74, 6) is 1.72. The third-order valence-corrected chi connectivity index (χ3v) is 6.60. The van der Waals surface area contributed by atoms with E-state index in [4.69, 9.17) is 4.74 Å². The number of esters is 1. The zero-order valence-corrected chi connectivity index (χ0v) is 22.7. The highest BCUT2D eigenvalue weighted by Crippen LogP contribution is 2.15. The highest BCUT2D eigenvalue weighted by atomic mass is 16.5. The molecule has 2 heteroatoms. The van der Waals surface area contributed by atoms with Gasteiger partial charge in [0.1, 0.15) is 0 Å². The fourth-order valence-corrected chi connectivity index (χ4v) is 4.39. The molecule has 2 nitrogen and oxygen atoms in total. The first kappa shape index (κ1) is 31.5. The van der Waals surface area contributed by atoms with Gasteiger partial charge >= 0.3 is 5.97 Å². The molecule has 0 aromatic rings. The van der Waals surface area contributed by atoms with Crippen molar-refractivity contribution in [1.29, 1.82) is 0 Å². The Labute approximate surface area is 203 Å². The van der Waals surface area contributed by atoms with Crippen LogP contribution in [0.2, 0.25) is 0 Å². The number of carbonyl (C=O) groups is 1. The topological polar surface area (TPSA) is 26.3 Å². The molecule has 0 saturated carbocycles. The van der Waals surface area contributed by atoms with Crippen molar-refractivity contribution in [3.05, 3.63) is 0 Å². The second-order valence-corrected chi connectivity index (χ2v) is 11.1. The smallest absolute Gasteiger partial charge is 0.305 e. The molecule has 0 rings (SSSR count). The van der Waals surface area contributed by atoms with Crippen molar-refractivity contribution in [2.24, 2.45) is 11.8 Å². The summed E-state index contributed by atoms with van der Waals surface area (Å²) < 4.78 is 5.38. The minimum Gasteiger partial charge on any atom is -0.466 e. The molecule has 0 spiro atoms. The summed E-state index contributed by atoms with van der Waals surface area (Å²) in [7, 11) is 0. The molecule has 0 heterocycles. The molecule has 192 valence electrons. The van der Waals surface area contributed by atoms with Gasteiger partial charge in [-0.25, -0.2) is 0 Å². The lowest BCUT2D eigenvalue weighted by atomic mass is 10.0. The normalized spacial score (nSPS) is 11.6. The van der Waals surface area contributed by atoms with Crippen LogP contribution in [0.5, 0.6) is 0 Å². The molecule has 0 saturated heterocycles. The van der Waals surface area contributed by atoms with E-state index in [1.54, 1.807) is 0 Å². The van der Waals surface area contributed by atoms with E-state index in [-0.39, 0.29) is 5.97 Å². The van der Waals surface area contributed by atoms with E-state index in [1.807, 2.05) is 0 Å². The summed E-state index contributed by atoms with van der Waals surface area (Å²) in [5.41, 5.74) is 0. The quantitative estimate of drug-likeness (QED) is 0.102. The Hall–Kier alpha value is -0.530. The minimum atomic E-state index is 0.0183. The first-order valence-corrected chi connectivity index (χ1v) is 14.7. The third kappa shape index (κ3) is 27.5. The molecule has 0 N–H and O–H groups in total. The fourth-order valence-electron chi connectivity index (χ4n) is 4.39. The molecule has 0 aliphatic heterocycles. The van der Waals surface area contributed by atoms with Gasteiger partial charge in [0.05, 0.1) is 6.61 Å². The van der Waals surface area contributed by atoms with Crippen molar-refractivity contribution >= 4 is 5.97 Å². The number of hydrogen-bond acceptors (Lipinski definition) is 2. The van der Waals surface area contributed by atoms with E-state index in [9.17, 15) is 4.79 Å². The number of carbonyl (C=O) groups excluding carboxylic acids is 1. The Balaban J connectivity index is 3.15. The molecule has 0 bridgehead atoms. The van der Waals surface area contributed by atoms with Gasteiger partial charge in [-0.1, -0.05) is 150 Å². The van der Waals surface area contributed by atoms with Crippen LogP contribution in [0.25, 0.3) is 0 Å². The van der Waals surface area contributed by atoms with E-state index in [0.717, 1.165) is 24.7 Å². The molecular weight excluding hydrogens is 392 g/mol. The molecule has 0 aliphatic rings. The van der Waals surface area contributed by atoms with E-state index in [2.05, 4.69) is 27.7 Å². The van der Waals surface area contributed by atoms with Crippen LogP contribution in [0, 0.1) is 11.8 Å². The number of rotatable bonds is 25. The summed E-state index contributed by atoms with van der Waals surface area (Å²) in [6.07, 6.45) is 28.6. The zero-order chi connectivity index (χ0) is 23.7. The number of unbranched alkanes of at least 4 members (excludes halogenated alkanes) is 17. The van der Waals surface area contributed by atoms with Gasteiger partial charge < -0.3 is 4.74 Å². The van der Waals surface area contributed by atoms with Gasteiger partial charge in [0.25, 0.3) is 0 Å². The largest absolute Gasteiger partial charge is 0.466 e. The predicted octanol–water partition coefficient (Wildman–Crippen LogP) is 10.4. The van der Waals surface area contributed by atoms with Gasteiger partial charge in [-0.3, -0.25) is 4.79 Å². The Kier molecular flexibility index (Phi) is 24.7. The lowest BCUT2D eigenvalue weighted by molar-refractivity contribution is -0.143. The second kappa shape index (κ2) is 25.1. The highest BCUT2D eigenvalue weighted by molar-refractivity contribution is 5.69. The summed E-state index contributed by atoms with van der Waals surface area (Å²) in [4.78, 5) is 11.8. The van der Waals surface area contributed by atoms with E-state index in [1.165, 1.54) is 122 Å². The SMILES string of the molecule is CC(C)CCCCCCCCCCCCCCCCC(=O)OCCCCCCCC(C)C. The molecule has 0 atom stereocenters. The van der Waals surface area contributed by atoms with Crippen LogP contribution >= 0.6 is 0 Å². The lowest BCUT2D eigenvalue weighted by Gasteiger charge is -2.06. The van der Waals surface area contributed by atoms with Gasteiger partial charge in [-0.2, -0.15) is 0 Å². The van der Waals surface area contributed by atoms with Crippen LogP contribution in [0.4, 0.5) is 0 Å². The van der Waals surface area contributed by atoms with E-state index >= 15 is 0 Å². The lowest BCUT2D eigenvalue weighted by Crippen LogP contribution is -2.05. The number of ether oxygens (including phenoxy) is 1. The molecule has 0 fully saturated rings. The standard InChI is InChI=1S/C30H60O2/c1-28(2)24-20-16-13-11-9-7-5-6-8-10-12-14-18-22-26-30(31)32-27-23-19-15-17-21-25-29(3)4/h28-29H,5-27H2,1-4H3. The van der Waals surface area contributed by atoms with Crippen molar-refractivity contribution in [1.82, 2.24) is 0 Å². The van der Waals surface area contributed by atoms with Crippen LogP contribution in [-0.4, -0.2) is 12.6 Å². The monoisotopic (exact) mass is 452 g/mol. The number of hydrogen-bond donors (Lipinski definition) is 0. The molecule has 0 aromatic heterocycles. The third-order valence-electron chi connectivity index (χ3n) is 6.60. The molecule has 0 amide bonds. The van der Waals surface area contributed by atoms with Crippen molar-refractivity contribution in [3.8, 4) is 0 Å².